The van der Waals surface area contributed by atoms with Crippen molar-refractivity contribution < 1.29 is 19.1 Å². The van der Waals surface area contributed by atoms with Gasteiger partial charge in [0.2, 0.25) is 5.91 Å². The average Bonchev–Trinajstić information content (AvgIpc) is 3.69. The smallest absolute Gasteiger partial charge is 0.262 e. The highest BCUT2D eigenvalue weighted by atomic mass is 35.5. The maximum Gasteiger partial charge on any atom is 0.262 e. The highest BCUT2D eigenvalue weighted by Gasteiger charge is 2.38. The molecule has 1 atom stereocenters. The second-order valence-corrected chi connectivity index (χ2v) is 10.2. The molecule has 0 aromatic heterocycles. The molecule has 37 heavy (non-hydrogen) atoms. The molecule has 5 rings (SSSR count). The molecule has 0 unspecified atom stereocenters. The van der Waals surface area contributed by atoms with Crippen molar-refractivity contribution in [1.29, 1.82) is 0 Å². The molecule has 2 aromatic carbocycles. The Morgan fingerprint density at radius 3 is 2.65 bits per heavy atom. The lowest BCUT2D eigenvalue weighted by atomic mass is 9.98. The number of morpholine rings is 1. The average molecular weight is 525 g/mol. The molecule has 1 saturated carbocycles. The Bertz CT molecular complexity index is 1160. The molecule has 0 bridgehead atoms. The molecular weight excluding hydrogens is 492 g/mol. The van der Waals surface area contributed by atoms with Crippen LogP contribution in [0, 0.1) is 5.92 Å². The van der Waals surface area contributed by atoms with Crippen LogP contribution in [0.3, 0.4) is 0 Å². The summed E-state index contributed by atoms with van der Waals surface area (Å²) in [6, 6.07) is 14.9. The Morgan fingerprint density at radius 2 is 1.92 bits per heavy atom. The third kappa shape index (κ3) is 6.14. The molecule has 2 heterocycles. The van der Waals surface area contributed by atoms with Crippen molar-refractivity contribution in [2.45, 2.75) is 25.3 Å². The summed E-state index contributed by atoms with van der Waals surface area (Å²) in [5, 5.41) is 6.89. The summed E-state index contributed by atoms with van der Waals surface area (Å²) in [6.45, 7) is 4.31. The zero-order chi connectivity index (χ0) is 25.8. The van der Waals surface area contributed by atoms with Gasteiger partial charge >= 0.3 is 0 Å². The number of ether oxygens (including phenoxy) is 2. The van der Waals surface area contributed by atoms with Crippen LogP contribution >= 0.6 is 11.6 Å². The Balaban J connectivity index is 1.38. The fraction of sp³-hybridized carbons (Fsp3) is 0.464. The summed E-state index contributed by atoms with van der Waals surface area (Å²) in [5.41, 5.74) is 2.52. The first kappa shape index (κ1) is 25.7. The predicted octanol–water partition coefficient (Wildman–Crippen LogP) is 3.60. The first-order valence-corrected chi connectivity index (χ1v) is 13.3. The van der Waals surface area contributed by atoms with Crippen LogP contribution in [0.15, 0.2) is 53.6 Å². The van der Waals surface area contributed by atoms with Crippen molar-refractivity contribution in [2.75, 3.05) is 53.0 Å². The number of halogens is 1. The van der Waals surface area contributed by atoms with Gasteiger partial charge in [-0.05, 0) is 36.6 Å². The van der Waals surface area contributed by atoms with E-state index in [0.717, 1.165) is 55.1 Å². The molecule has 0 N–H and O–H groups in total. The molecular formula is C28H33ClN4O4. The van der Waals surface area contributed by atoms with Crippen LogP contribution in [-0.4, -0.2) is 85.4 Å². The second kappa shape index (κ2) is 11.6. The maximum atomic E-state index is 13.8. The Morgan fingerprint density at radius 1 is 1.14 bits per heavy atom. The number of nitrogens with zero attached hydrogens (tertiary/aromatic N) is 4. The maximum absolute atomic E-state index is 13.8. The van der Waals surface area contributed by atoms with E-state index in [1.54, 1.807) is 12.0 Å². The van der Waals surface area contributed by atoms with Crippen molar-refractivity contribution in [3.8, 4) is 5.75 Å². The SMILES string of the molecule is COc1cccc(C2=NN(C(=O)CN(CCN3CCOCC3)C(=O)C3CC3)[C@@H](c3ccccc3Cl)C2)c1. The van der Waals surface area contributed by atoms with Crippen molar-refractivity contribution in [2.24, 2.45) is 11.0 Å². The number of benzene rings is 2. The largest absolute Gasteiger partial charge is 0.497 e. The zero-order valence-electron chi connectivity index (χ0n) is 21.1. The second-order valence-electron chi connectivity index (χ2n) is 9.75. The molecule has 2 aliphatic heterocycles. The third-order valence-corrected chi connectivity index (χ3v) is 7.53. The van der Waals surface area contributed by atoms with Crippen LogP contribution < -0.4 is 4.74 Å². The monoisotopic (exact) mass is 524 g/mol. The van der Waals surface area contributed by atoms with Gasteiger partial charge in [0.15, 0.2) is 0 Å². The van der Waals surface area contributed by atoms with E-state index in [1.165, 1.54) is 5.01 Å². The minimum absolute atomic E-state index is 0.00445. The summed E-state index contributed by atoms with van der Waals surface area (Å²) >= 11 is 6.57. The van der Waals surface area contributed by atoms with Gasteiger partial charge in [-0.2, -0.15) is 5.10 Å². The summed E-state index contributed by atoms with van der Waals surface area (Å²) < 4.78 is 10.8. The molecule has 2 amide bonds. The van der Waals surface area contributed by atoms with E-state index in [-0.39, 0.29) is 30.3 Å². The molecule has 1 saturated heterocycles. The van der Waals surface area contributed by atoms with Crippen LogP contribution in [0.2, 0.25) is 5.02 Å². The van der Waals surface area contributed by atoms with E-state index in [1.807, 2.05) is 48.5 Å². The number of methoxy groups -OCH3 is 1. The zero-order valence-corrected chi connectivity index (χ0v) is 21.9. The minimum atomic E-state index is -0.348. The Labute approximate surface area is 222 Å². The van der Waals surface area contributed by atoms with E-state index in [2.05, 4.69) is 4.90 Å². The summed E-state index contributed by atoms with van der Waals surface area (Å²) in [6.07, 6.45) is 2.31. The van der Waals surface area contributed by atoms with Crippen LogP contribution in [0.5, 0.6) is 5.75 Å². The van der Waals surface area contributed by atoms with Crippen molar-refractivity contribution >= 4 is 29.1 Å². The number of carbonyl (C=O) groups is 2. The van der Waals surface area contributed by atoms with E-state index in [4.69, 9.17) is 26.2 Å². The Hall–Kier alpha value is -2.94. The highest BCUT2D eigenvalue weighted by Crippen LogP contribution is 2.37. The molecule has 3 aliphatic rings. The number of carbonyl (C=O) groups excluding carboxylic acids is 2. The van der Waals surface area contributed by atoms with Gasteiger partial charge in [-0.25, -0.2) is 5.01 Å². The topological polar surface area (TPSA) is 74.7 Å². The lowest BCUT2D eigenvalue weighted by Gasteiger charge is -2.31. The first-order valence-electron chi connectivity index (χ1n) is 12.9. The standard InChI is InChI=1S/C28H33ClN4O4/c1-36-22-6-4-5-21(17-22)25-18-26(23-7-2-3-8-24(23)29)33(30-25)27(34)19-32(28(35)20-9-10-20)12-11-31-13-15-37-16-14-31/h2-8,17,20,26H,9-16,18-19H2,1H3/t26-/m1/s1. The number of rotatable bonds is 9. The number of hydrogen-bond donors (Lipinski definition) is 0. The van der Waals surface area contributed by atoms with E-state index in [0.29, 0.717) is 31.2 Å². The minimum Gasteiger partial charge on any atom is -0.497 e. The first-order chi connectivity index (χ1) is 18.0. The summed E-state index contributed by atoms with van der Waals surface area (Å²) in [4.78, 5) is 30.9. The van der Waals surface area contributed by atoms with Gasteiger partial charge in [0.25, 0.3) is 5.91 Å². The summed E-state index contributed by atoms with van der Waals surface area (Å²) in [5.74, 6) is 0.612. The molecule has 196 valence electrons. The normalized spacial score (nSPS) is 20.0. The Kier molecular flexibility index (Phi) is 8.08. The van der Waals surface area contributed by atoms with Gasteiger partial charge < -0.3 is 14.4 Å². The molecule has 0 radical (unpaired) electrons. The molecule has 8 nitrogen and oxygen atoms in total. The van der Waals surface area contributed by atoms with Crippen LogP contribution in [0.4, 0.5) is 0 Å². The number of hydrazone groups is 1. The highest BCUT2D eigenvalue weighted by molar-refractivity contribution is 6.31. The molecule has 2 fully saturated rings. The van der Waals surface area contributed by atoms with Crippen LogP contribution in [0.25, 0.3) is 0 Å². The van der Waals surface area contributed by atoms with Crippen molar-refractivity contribution in [3.05, 3.63) is 64.7 Å². The van der Waals surface area contributed by atoms with Crippen molar-refractivity contribution in [3.63, 3.8) is 0 Å². The van der Waals surface area contributed by atoms with Gasteiger partial charge in [-0.3, -0.25) is 14.5 Å². The fourth-order valence-corrected chi connectivity index (χ4v) is 5.14. The van der Waals surface area contributed by atoms with Gasteiger partial charge in [0.1, 0.15) is 12.3 Å². The van der Waals surface area contributed by atoms with E-state index in [9.17, 15) is 9.59 Å². The van der Waals surface area contributed by atoms with Crippen LogP contribution in [-0.2, 0) is 14.3 Å². The van der Waals surface area contributed by atoms with Gasteiger partial charge in [-0.15, -0.1) is 0 Å². The van der Waals surface area contributed by atoms with Gasteiger partial charge in [0.05, 0.1) is 32.1 Å². The third-order valence-electron chi connectivity index (χ3n) is 7.19. The molecule has 2 aromatic rings. The fourth-order valence-electron chi connectivity index (χ4n) is 4.88. The number of hydrogen-bond acceptors (Lipinski definition) is 6. The quantitative estimate of drug-likeness (QED) is 0.501. The van der Waals surface area contributed by atoms with Gasteiger partial charge in [0, 0.05) is 49.1 Å². The molecule has 9 heteroatoms. The molecule has 1 aliphatic carbocycles. The molecule has 0 spiro atoms. The summed E-state index contributed by atoms with van der Waals surface area (Å²) in [7, 11) is 1.63. The van der Waals surface area contributed by atoms with Crippen LogP contribution in [0.1, 0.15) is 36.4 Å². The lowest BCUT2D eigenvalue weighted by molar-refractivity contribution is -0.142. The predicted molar refractivity (Wildman–Crippen MR) is 142 cm³/mol. The van der Waals surface area contributed by atoms with E-state index < -0.39 is 0 Å². The lowest BCUT2D eigenvalue weighted by Crippen LogP contribution is -2.47. The van der Waals surface area contributed by atoms with E-state index >= 15 is 0 Å². The van der Waals surface area contributed by atoms with Gasteiger partial charge in [-0.1, -0.05) is 41.9 Å². The number of amides is 2. The van der Waals surface area contributed by atoms with Crippen molar-refractivity contribution in [1.82, 2.24) is 14.8 Å².